The van der Waals surface area contributed by atoms with Crippen LogP contribution in [0.4, 0.5) is 30.5 Å². The first-order chi connectivity index (χ1) is 21.2. The molecular weight excluding hydrogens is 617 g/mol. The van der Waals surface area contributed by atoms with Gasteiger partial charge in [-0.25, -0.2) is 20.3 Å². The minimum atomic E-state index is -4.87. The number of aryl methyl sites for hydroxylation is 1. The van der Waals surface area contributed by atoms with Gasteiger partial charge in [-0.1, -0.05) is 0 Å². The molecule has 6 rings (SSSR count). The average molecular weight is 651 g/mol. The highest BCUT2D eigenvalue weighted by Crippen LogP contribution is 2.46. The monoisotopic (exact) mass is 650 g/mol. The van der Waals surface area contributed by atoms with Gasteiger partial charge >= 0.3 is 6.36 Å². The summed E-state index contributed by atoms with van der Waals surface area (Å²) in [6.45, 7) is 3.79. The number of carbonyl (C=O) groups excluding carboxylic acids is 1. The predicted molar refractivity (Wildman–Crippen MR) is 163 cm³/mol. The first-order valence-electron chi connectivity index (χ1n) is 14.4. The Morgan fingerprint density at radius 1 is 1.18 bits per heavy atom. The fourth-order valence-corrected chi connectivity index (χ4v) is 7.53. The summed E-state index contributed by atoms with van der Waals surface area (Å²) >= 11 is 2.87. The van der Waals surface area contributed by atoms with E-state index in [1.807, 2.05) is 13.3 Å². The van der Waals surface area contributed by atoms with Crippen molar-refractivity contribution in [3.8, 4) is 17.0 Å². The number of piperazine rings is 1. The van der Waals surface area contributed by atoms with Crippen LogP contribution in [-0.2, 0) is 22.4 Å². The zero-order valence-electron chi connectivity index (χ0n) is 24.3. The topological polar surface area (TPSA) is 101 Å². The number of benzene rings is 1. The van der Waals surface area contributed by atoms with E-state index in [1.54, 1.807) is 18.3 Å². The summed E-state index contributed by atoms with van der Waals surface area (Å²) in [7, 11) is 2.04. The van der Waals surface area contributed by atoms with Gasteiger partial charge in [-0.15, -0.1) is 36.3 Å². The van der Waals surface area contributed by atoms with E-state index in [-0.39, 0.29) is 23.3 Å². The number of thioether (sulfide) groups is 1. The summed E-state index contributed by atoms with van der Waals surface area (Å²) in [6.07, 6.45) is 2.18. The molecule has 2 aromatic heterocycles. The third kappa shape index (κ3) is 6.91. The number of alkyl halides is 3. The summed E-state index contributed by atoms with van der Waals surface area (Å²) in [4.78, 5) is 32.8. The molecule has 0 bridgehead atoms. The number of ether oxygens (including phenoxy) is 2. The molecule has 4 heterocycles. The number of thiophene rings is 1. The van der Waals surface area contributed by atoms with Gasteiger partial charge < -0.3 is 24.6 Å². The quantitative estimate of drug-likeness (QED) is 0.237. The van der Waals surface area contributed by atoms with Crippen LogP contribution in [0.3, 0.4) is 0 Å². The largest absolute Gasteiger partial charge is 0.573 e. The zero-order valence-corrected chi connectivity index (χ0v) is 26.0. The molecule has 2 saturated heterocycles. The van der Waals surface area contributed by atoms with E-state index in [1.165, 1.54) is 29.2 Å². The summed E-state index contributed by atoms with van der Waals surface area (Å²) in [5, 5.41) is 2.99. The van der Waals surface area contributed by atoms with Crippen molar-refractivity contribution >= 4 is 46.3 Å². The summed E-state index contributed by atoms with van der Waals surface area (Å²) in [5.74, 6) is -0.592. The fraction of sp³-hybridized carbons (Fsp3) is 0.483. The van der Waals surface area contributed by atoms with Gasteiger partial charge in [0.05, 0.1) is 20.5 Å². The van der Waals surface area contributed by atoms with Crippen molar-refractivity contribution in [1.29, 1.82) is 0 Å². The van der Waals surface area contributed by atoms with Crippen molar-refractivity contribution in [2.24, 2.45) is 0 Å². The summed E-state index contributed by atoms with van der Waals surface area (Å²) in [5.41, 5.74) is 6.68. The van der Waals surface area contributed by atoms with E-state index in [4.69, 9.17) is 14.6 Å². The number of rotatable bonds is 8. The molecule has 236 valence electrons. The summed E-state index contributed by atoms with van der Waals surface area (Å²) < 4.78 is 50.8. The second-order valence-electron chi connectivity index (χ2n) is 10.8. The molecule has 3 aromatic rings. The van der Waals surface area contributed by atoms with Crippen LogP contribution in [0.5, 0.6) is 5.75 Å². The Kier molecular flexibility index (Phi) is 9.19. The van der Waals surface area contributed by atoms with E-state index < -0.39 is 12.7 Å². The van der Waals surface area contributed by atoms with Crippen LogP contribution in [0.15, 0.2) is 28.6 Å². The van der Waals surface area contributed by atoms with Crippen molar-refractivity contribution in [2.45, 2.75) is 49.0 Å². The molecule has 2 N–H and O–H groups in total. The highest BCUT2D eigenvalue weighted by Gasteiger charge is 2.33. The van der Waals surface area contributed by atoms with Crippen molar-refractivity contribution in [3.63, 3.8) is 0 Å². The van der Waals surface area contributed by atoms with Gasteiger partial charge in [0.25, 0.3) is 5.91 Å². The van der Waals surface area contributed by atoms with E-state index in [0.29, 0.717) is 36.4 Å². The molecule has 10 nitrogen and oxygen atoms in total. The Bertz CT molecular complexity index is 1510. The molecular formula is C29H33F3N6O4S2. The molecule has 1 atom stereocenters. The van der Waals surface area contributed by atoms with Gasteiger partial charge in [0, 0.05) is 56.7 Å². The van der Waals surface area contributed by atoms with E-state index >= 15 is 0 Å². The van der Waals surface area contributed by atoms with Crippen molar-refractivity contribution in [1.82, 2.24) is 20.3 Å². The lowest BCUT2D eigenvalue weighted by Gasteiger charge is -2.34. The second kappa shape index (κ2) is 13.1. The smallest absolute Gasteiger partial charge is 0.404 e. The number of nitrogens with zero attached hydrogens (tertiary/aromatic N) is 4. The van der Waals surface area contributed by atoms with Crippen LogP contribution in [0.2, 0.25) is 0 Å². The van der Waals surface area contributed by atoms with Gasteiger partial charge in [0.15, 0.2) is 12.0 Å². The van der Waals surface area contributed by atoms with Gasteiger partial charge in [-0.3, -0.25) is 4.79 Å². The third-order valence-corrected chi connectivity index (χ3v) is 10.2. The Hall–Kier alpha value is -3.11. The predicted octanol–water partition coefficient (Wildman–Crippen LogP) is 5.61. The molecule has 2 aliphatic heterocycles. The Labute approximate surface area is 261 Å². The average Bonchev–Trinajstić information content (AvgIpc) is 3.40. The first-order valence-corrected chi connectivity index (χ1v) is 16.5. The van der Waals surface area contributed by atoms with Crippen LogP contribution in [0.1, 0.15) is 40.1 Å². The highest BCUT2D eigenvalue weighted by molar-refractivity contribution is 8.00. The highest BCUT2D eigenvalue weighted by atomic mass is 32.2. The first kappa shape index (κ1) is 30.9. The molecule has 0 saturated carbocycles. The SMILES string of the molecule is CSc1sc(C(=O)NOC2CCCCO2)c2c1-c1nc(Nc3cc(N4CCN(C)CC4)ccc3OC(F)(F)F)ncc1CC2. The lowest BCUT2D eigenvalue weighted by molar-refractivity contribution is -0.274. The molecule has 0 radical (unpaired) electrons. The molecule has 1 aliphatic carbocycles. The standard InChI is InChI=1S/C29H33F3N6O4S2/c1-37-10-12-38(13-11-37)18-7-9-21(41-29(30,31)32)20(15-18)34-28-33-16-17-6-8-19-23(24(17)35-28)27(43-2)44-25(19)26(39)36-42-22-5-3-4-14-40-22/h7,9,15-16,22H,3-6,8,10-14H2,1-2H3,(H,36,39)(H,33,34,35). The molecule has 1 amide bonds. The number of fused-ring (bicyclic) bond motifs is 3. The van der Waals surface area contributed by atoms with Crippen LogP contribution in [-0.4, -0.2) is 79.5 Å². The van der Waals surface area contributed by atoms with Gasteiger partial charge in [-0.05, 0) is 68.3 Å². The van der Waals surface area contributed by atoms with Crippen LogP contribution in [0, 0.1) is 0 Å². The Balaban J connectivity index is 1.29. The number of amides is 1. The van der Waals surface area contributed by atoms with Crippen molar-refractivity contribution < 1.29 is 32.3 Å². The molecule has 3 aliphatic rings. The van der Waals surface area contributed by atoms with Crippen molar-refractivity contribution in [2.75, 3.05) is 56.3 Å². The molecule has 15 heteroatoms. The number of anilines is 3. The minimum absolute atomic E-state index is 0.104. The number of nitrogens with one attached hydrogen (secondary N) is 2. The number of halogens is 3. The minimum Gasteiger partial charge on any atom is -0.404 e. The molecule has 44 heavy (non-hydrogen) atoms. The Morgan fingerprint density at radius 3 is 2.73 bits per heavy atom. The maximum atomic E-state index is 13.3. The zero-order chi connectivity index (χ0) is 30.8. The van der Waals surface area contributed by atoms with E-state index in [2.05, 4.69) is 30.3 Å². The molecule has 1 aromatic carbocycles. The van der Waals surface area contributed by atoms with E-state index in [9.17, 15) is 18.0 Å². The molecule has 2 fully saturated rings. The number of likely N-dealkylation sites (N-methyl/N-ethyl adjacent to an activating group) is 1. The van der Waals surface area contributed by atoms with Crippen LogP contribution in [0.25, 0.3) is 11.3 Å². The Morgan fingerprint density at radius 2 is 2.00 bits per heavy atom. The van der Waals surface area contributed by atoms with Gasteiger partial charge in [-0.2, -0.15) is 0 Å². The van der Waals surface area contributed by atoms with Gasteiger partial charge in [0.2, 0.25) is 5.95 Å². The fourth-order valence-electron chi connectivity index (χ4n) is 5.55. The van der Waals surface area contributed by atoms with Gasteiger partial charge in [0.1, 0.15) is 0 Å². The third-order valence-electron chi connectivity index (χ3n) is 7.84. The summed E-state index contributed by atoms with van der Waals surface area (Å²) in [6, 6.07) is 4.58. The maximum absolute atomic E-state index is 13.3. The molecule has 0 spiro atoms. The number of hydrogen-bond acceptors (Lipinski definition) is 11. The van der Waals surface area contributed by atoms with Crippen LogP contribution < -0.4 is 20.4 Å². The number of hydrogen-bond donors (Lipinski definition) is 2. The second-order valence-corrected chi connectivity index (χ2v) is 12.9. The number of aromatic nitrogens is 2. The van der Waals surface area contributed by atoms with Crippen molar-refractivity contribution in [3.05, 3.63) is 40.4 Å². The lowest BCUT2D eigenvalue weighted by atomic mass is 9.91. The maximum Gasteiger partial charge on any atom is 0.573 e. The van der Waals surface area contributed by atoms with E-state index in [0.717, 1.165) is 65.6 Å². The normalized spacial score (nSPS) is 18.8. The molecule has 1 unspecified atom stereocenters. The van der Waals surface area contributed by atoms with Crippen LogP contribution >= 0.6 is 23.1 Å². The lowest BCUT2D eigenvalue weighted by Crippen LogP contribution is -2.44. The number of carbonyl (C=O) groups is 1. The number of hydroxylamine groups is 1.